The van der Waals surface area contributed by atoms with Crippen LogP contribution in [0.3, 0.4) is 0 Å². The molecule has 1 N–H and O–H groups in total. The molecule has 35 heavy (non-hydrogen) atoms. The molecule has 0 aromatic heterocycles. The van der Waals surface area contributed by atoms with Crippen LogP contribution in [0.4, 0.5) is 15.8 Å². The monoisotopic (exact) mass is 474 g/mol. The van der Waals surface area contributed by atoms with E-state index in [2.05, 4.69) is 0 Å². The van der Waals surface area contributed by atoms with Gasteiger partial charge < -0.3 is 19.5 Å². The predicted molar refractivity (Wildman–Crippen MR) is 129 cm³/mol. The van der Waals surface area contributed by atoms with Gasteiger partial charge in [-0.15, -0.1) is 0 Å². The van der Waals surface area contributed by atoms with E-state index < -0.39 is 23.5 Å². The molecule has 178 valence electrons. The van der Waals surface area contributed by atoms with Crippen LogP contribution in [-0.4, -0.2) is 37.7 Å². The van der Waals surface area contributed by atoms with Gasteiger partial charge in [0.25, 0.3) is 11.7 Å². The van der Waals surface area contributed by atoms with Gasteiger partial charge >= 0.3 is 0 Å². The van der Waals surface area contributed by atoms with Crippen molar-refractivity contribution in [2.75, 3.05) is 30.7 Å². The molecule has 0 saturated carbocycles. The summed E-state index contributed by atoms with van der Waals surface area (Å²) in [5.74, 6) is -1.41. The summed E-state index contributed by atoms with van der Waals surface area (Å²) in [4.78, 5) is 29.9. The highest BCUT2D eigenvalue weighted by Gasteiger charge is 2.47. The van der Waals surface area contributed by atoms with Gasteiger partial charge in [0, 0.05) is 37.1 Å². The number of aryl methyl sites for hydroxylation is 1. The van der Waals surface area contributed by atoms with E-state index in [0.717, 1.165) is 5.69 Å². The number of ether oxygens (including phenoxy) is 2. The van der Waals surface area contributed by atoms with Gasteiger partial charge in [-0.05, 0) is 60.5 Å². The highest BCUT2D eigenvalue weighted by atomic mass is 19.1. The van der Waals surface area contributed by atoms with E-state index in [4.69, 9.17) is 9.47 Å². The molecule has 1 fully saturated rings. The summed E-state index contributed by atoms with van der Waals surface area (Å²) < 4.78 is 24.7. The maximum Gasteiger partial charge on any atom is 0.300 e. The fraction of sp³-hybridized carbons (Fsp3) is 0.185. The van der Waals surface area contributed by atoms with Crippen LogP contribution >= 0.6 is 0 Å². The van der Waals surface area contributed by atoms with Gasteiger partial charge in [-0.2, -0.15) is 0 Å². The number of amides is 1. The molecule has 8 heteroatoms. The number of carbonyl (C=O) groups is 2. The summed E-state index contributed by atoms with van der Waals surface area (Å²) in [6.45, 7) is 1.63. The molecule has 3 aromatic carbocycles. The fourth-order valence-electron chi connectivity index (χ4n) is 4.35. The topological polar surface area (TPSA) is 79.3 Å². The van der Waals surface area contributed by atoms with Gasteiger partial charge in [-0.1, -0.05) is 12.1 Å². The smallest absolute Gasteiger partial charge is 0.300 e. The number of benzene rings is 3. The first kappa shape index (κ1) is 22.5. The molecule has 1 unspecified atom stereocenters. The number of rotatable bonds is 4. The van der Waals surface area contributed by atoms with Crippen LogP contribution in [0.25, 0.3) is 5.76 Å². The SMILES string of the molecule is Cc1cc(/C(O)=C2\C(=O)C(=O)N(c3ccc4c(c3)OCO4)C2c2ccc(N(C)C)cc2)ccc1F. The second kappa shape index (κ2) is 8.47. The average molecular weight is 474 g/mol. The molecule has 5 rings (SSSR count). The zero-order chi connectivity index (χ0) is 24.9. The van der Waals surface area contributed by atoms with Crippen molar-refractivity contribution in [2.24, 2.45) is 0 Å². The number of halogens is 1. The summed E-state index contributed by atoms with van der Waals surface area (Å²) in [6.07, 6.45) is 0. The first-order valence-corrected chi connectivity index (χ1v) is 11.0. The Bertz CT molecular complexity index is 1380. The highest BCUT2D eigenvalue weighted by Crippen LogP contribution is 2.45. The molecule has 2 heterocycles. The molecule has 2 aliphatic rings. The molecular formula is C27H23FN2O5. The van der Waals surface area contributed by atoms with E-state index in [1.54, 1.807) is 25.1 Å². The molecule has 1 atom stereocenters. The number of anilines is 2. The Kier molecular flexibility index (Phi) is 5.43. The summed E-state index contributed by atoms with van der Waals surface area (Å²) in [6, 6.07) is 15.5. The van der Waals surface area contributed by atoms with Crippen molar-refractivity contribution < 1.29 is 28.6 Å². The molecule has 1 amide bonds. The van der Waals surface area contributed by atoms with E-state index in [1.165, 1.54) is 23.1 Å². The van der Waals surface area contributed by atoms with Gasteiger partial charge in [-0.3, -0.25) is 14.5 Å². The first-order chi connectivity index (χ1) is 16.8. The highest BCUT2D eigenvalue weighted by molar-refractivity contribution is 6.51. The first-order valence-electron chi connectivity index (χ1n) is 11.0. The van der Waals surface area contributed by atoms with E-state index in [0.29, 0.717) is 28.3 Å². The molecule has 1 saturated heterocycles. The zero-order valence-corrected chi connectivity index (χ0v) is 19.4. The summed E-state index contributed by atoms with van der Waals surface area (Å²) in [5.41, 5.74) is 2.48. The number of ketones is 1. The van der Waals surface area contributed by atoms with Crippen LogP contribution in [0.15, 0.2) is 66.2 Å². The van der Waals surface area contributed by atoms with E-state index in [1.807, 2.05) is 43.3 Å². The molecule has 7 nitrogen and oxygen atoms in total. The van der Waals surface area contributed by atoms with Crippen molar-refractivity contribution in [2.45, 2.75) is 13.0 Å². The maximum atomic E-state index is 13.9. The van der Waals surface area contributed by atoms with Gasteiger partial charge in [0.15, 0.2) is 11.5 Å². The number of aliphatic hydroxyl groups excluding tert-OH is 1. The largest absolute Gasteiger partial charge is 0.507 e. The number of nitrogens with zero attached hydrogens (tertiary/aromatic N) is 2. The van der Waals surface area contributed by atoms with E-state index >= 15 is 0 Å². The minimum Gasteiger partial charge on any atom is -0.507 e. The number of hydrogen-bond acceptors (Lipinski definition) is 6. The number of aliphatic hydroxyl groups is 1. The van der Waals surface area contributed by atoms with Gasteiger partial charge in [0.2, 0.25) is 6.79 Å². The Morgan fingerprint density at radius 3 is 2.40 bits per heavy atom. The lowest BCUT2D eigenvalue weighted by atomic mass is 9.94. The van der Waals surface area contributed by atoms with Crippen molar-refractivity contribution in [1.29, 1.82) is 0 Å². The van der Waals surface area contributed by atoms with Gasteiger partial charge in [0.1, 0.15) is 11.6 Å². The number of carbonyl (C=O) groups excluding carboxylic acids is 2. The van der Waals surface area contributed by atoms with Crippen LogP contribution in [0.5, 0.6) is 11.5 Å². The van der Waals surface area contributed by atoms with E-state index in [-0.39, 0.29) is 23.7 Å². The van der Waals surface area contributed by atoms with Crippen LogP contribution in [0.2, 0.25) is 0 Å². The third kappa shape index (κ3) is 3.77. The molecule has 2 aliphatic heterocycles. The second-order valence-corrected chi connectivity index (χ2v) is 8.66. The Labute approximate surface area is 201 Å². The third-order valence-electron chi connectivity index (χ3n) is 6.24. The van der Waals surface area contributed by atoms with Gasteiger partial charge in [0.05, 0.1) is 11.6 Å². The van der Waals surface area contributed by atoms with Gasteiger partial charge in [-0.25, -0.2) is 4.39 Å². The van der Waals surface area contributed by atoms with Crippen molar-refractivity contribution in [1.82, 2.24) is 0 Å². The Morgan fingerprint density at radius 2 is 1.71 bits per heavy atom. The minimum atomic E-state index is -0.906. The molecule has 3 aromatic rings. The summed E-state index contributed by atoms with van der Waals surface area (Å²) >= 11 is 0. The molecule has 0 bridgehead atoms. The van der Waals surface area contributed by atoms with Crippen molar-refractivity contribution >= 4 is 28.8 Å². The molecule has 0 radical (unpaired) electrons. The van der Waals surface area contributed by atoms with Crippen LogP contribution in [0, 0.1) is 12.7 Å². The number of hydrogen-bond donors (Lipinski definition) is 1. The normalized spacial score (nSPS) is 18.3. The fourth-order valence-corrected chi connectivity index (χ4v) is 4.35. The van der Waals surface area contributed by atoms with Crippen LogP contribution in [-0.2, 0) is 9.59 Å². The van der Waals surface area contributed by atoms with E-state index in [9.17, 15) is 19.1 Å². The number of Topliss-reactive ketones (excluding diaryl/α,β-unsaturated/α-hetero) is 1. The molecule has 0 aliphatic carbocycles. The van der Waals surface area contributed by atoms with Crippen molar-refractivity contribution in [3.8, 4) is 11.5 Å². The lowest BCUT2D eigenvalue weighted by Gasteiger charge is -2.26. The van der Waals surface area contributed by atoms with Crippen molar-refractivity contribution in [3.63, 3.8) is 0 Å². The number of fused-ring (bicyclic) bond motifs is 1. The van der Waals surface area contributed by atoms with Crippen molar-refractivity contribution in [3.05, 3.63) is 88.7 Å². The Morgan fingerprint density at radius 1 is 1.00 bits per heavy atom. The van der Waals surface area contributed by atoms with Crippen LogP contribution in [0.1, 0.15) is 22.7 Å². The summed E-state index contributed by atoms with van der Waals surface area (Å²) in [7, 11) is 3.81. The second-order valence-electron chi connectivity index (χ2n) is 8.66. The molecular weight excluding hydrogens is 451 g/mol. The lowest BCUT2D eigenvalue weighted by molar-refractivity contribution is -0.132. The minimum absolute atomic E-state index is 0.0664. The lowest BCUT2D eigenvalue weighted by Crippen LogP contribution is -2.29. The third-order valence-corrected chi connectivity index (χ3v) is 6.24. The molecule has 0 spiro atoms. The standard InChI is InChI=1S/C27H23FN2O5/c1-15-12-17(6-10-20(15)28)25(31)23-24(16-4-7-18(8-5-16)29(2)3)30(27(33)26(23)32)19-9-11-21-22(13-19)35-14-34-21/h4-13,24,31H,14H2,1-3H3/b25-23+. The van der Waals surface area contributed by atoms with Crippen LogP contribution < -0.4 is 19.3 Å². The zero-order valence-electron chi connectivity index (χ0n) is 19.4. The average Bonchev–Trinajstić information content (AvgIpc) is 3.42. The summed E-state index contributed by atoms with van der Waals surface area (Å²) in [5, 5.41) is 11.2. The Hall–Kier alpha value is -4.33. The quantitative estimate of drug-likeness (QED) is 0.339. The maximum absolute atomic E-state index is 13.9. The predicted octanol–water partition coefficient (Wildman–Crippen LogP) is 4.56. The Balaban J connectivity index is 1.70.